The van der Waals surface area contributed by atoms with Crippen LogP contribution >= 0.6 is 0 Å². The highest BCUT2D eigenvalue weighted by Crippen LogP contribution is 2.99. The molecule has 1 nitrogen and oxygen atoms in total. The van der Waals surface area contributed by atoms with E-state index in [2.05, 4.69) is 19.0 Å². The zero-order valence-corrected chi connectivity index (χ0v) is 22.2. The van der Waals surface area contributed by atoms with Gasteiger partial charge in [0.15, 0.2) is 0 Å². The molecule has 1 heteroatoms. The first kappa shape index (κ1) is 24.0. The molecule has 0 radical (unpaired) electrons. The second-order valence-electron chi connectivity index (χ2n) is 12.9. The maximum absolute atomic E-state index is 4.94. The lowest BCUT2D eigenvalue weighted by Gasteiger charge is -2.40. The van der Waals surface area contributed by atoms with Gasteiger partial charge in [0.25, 0.3) is 0 Å². The molecule has 5 rings (SSSR count). The van der Waals surface area contributed by atoms with E-state index < -0.39 is 0 Å². The summed E-state index contributed by atoms with van der Waals surface area (Å²) in [5.74, 6) is 2.97. The van der Waals surface area contributed by atoms with Gasteiger partial charge in [-0.3, -0.25) is 0 Å². The Morgan fingerprint density at radius 2 is 1.21 bits per heavy atom. The van der Waals surface area contributed by atoms with Gasteiger partial charge in [0, 0.05) is 30.6 Å². The van der Waals surface area contributed by atoms with Gasteiger partial charge in [0.1, 0.15) is 0 Å². The van der Waals surface area contributed by atoms with E-state index in [9.17, 15) is 0 Å². The molecule has 5 aliphatic carbocycles. The minimum absolute atomic E-state index is 0.491. The molecule has 4 fully saturated rings. The Labute approximate surface area is 205 Å². The van der Waals surface area contributed by atoms with Gasteiger partial charge in [-0.15, -0.1) is 0 Å². The molecule has 5 atom stereocenters. The van der Waals surface area contributed by atoms with Crippen molar-refractivity contribution in [2.24, 2.45) is 28.6 Å². The topological polar surface area (TPSA) is 3.24 Å². The minimum atomic E-state index is 0.491. The van der Waals surface area contributed by atoms with Crippen LogP contribution in [-0.2, 0) is 0 Å². The molecule has 0 aromatic rings. The third kappa shape index (κ3) is 4.06. The van der Waals surface area contributed by atoms with Crippen molar-refractivity contribution in [3.05, 3.63) is 23.4 Å². The largest absolute Gasteiger partial charge is 0.381 e. The van der Waals surface area contributed by atoms with Crippen LogP contribution in [0, 0.1) is 28.6 Å². The maximum Gasteiger partial charge on any atom is 0.0126 e. The fourth-order valence-electron chi connectivity index (χ4n) is 9.57. The van der Waals surface area contributed by atoms with E-state index in [0.29, 0.717) is 10.8 Å². The van der Waals surface area contributed by atoms with Crippen LogP contribution in [0.4, 0.5) is 0 Å². The van der Waals surface area contributed by atoms with Crippen molar-refractivity contribution >= 4 is 0 Å². The quantitative estimate of drug-likeness (QED) is 0.359. The van der Waals surface area contributed by atoms with Crippen LogP contribution < -0.4 is 0 Å². The van der Waals surface area contributed by atoms with Gasteiger partial charge in [-0.25, -0.2) is 0 Å². The van der Waals surface area contributed by atoms with Crippen molar-refractivity contribution in [3.63, 3.8) is 0 Å². The lowest BCUT2D eigenvalue weighted by Crippen LogP contribution is -2.32. The highest BCUT2D eigenvalue weighted by Gasteiger charge is 2.95. The van der Waals surface area contributed by atoms with Crippen molar-refractivity contribution in [2.45, 2.75) is 135 Å². The second kappa shape index (κ2) is 10.1. The minimum Gasteiger partial charge on any atom is -0.381 e. The molecule has 0 aromatic carbocycles. The highest BCUT2D eigenvalue weighted by molar-refractivity contribution is 5.57. The Kier molecular flexibility index (Phi) is 7.35. The third-order valence-electron chi connectivity index (χ3n) is 11.0. The van der Waals surface area contributed by atoms with Crippen molar-refractivity contribution in [1.82, 2.24) is 4.90 Å². The molecule has 0 saturated heterocycles. The van der Waals surface area contributed by atoms with E-state index in [-0.39, 0.29) is 0 Å². The number of rotatable bonds is 1. The first-order chi connectivity index (χ1) is 16.2. The third-order valence-corrected chi connectivity index (χ3v) is 11.0. The lowest BCUT2D eigenvalue weighted by molar-refractivity contribution is 0.189. The van der Waals surface area contributed by atoms with Crippen LogP contribution in [-0.4, -0.2) is 19.0 Å². The normalized spacial score (nSPS) is 40.8. The van der Waals surface area contributed by atoms with Crippen molar-refractivity contribution in [2.75, 3.05) is 14.1 Å². The van der Waals surface area contributed by atoms with E-state index in [0.717, 1.165) is 17.8 Å². The maximum atomic E-state index is 4.94. The molecule has 0 N–H and O–H groups in total. The fraction of sp³-hybridized carbons (Fsp3) is 0.875. The van der Waals surface area contributed by atoms with Crippen LogP contribution in [0.15, 0.2) is 23.4 Å². The predicted molar refractivity (Wildman–Crippen MR) is 142 cm³/mol. The summed E-state index contributed by atoms with van der Waals surface area (Å²) in [5.41, 5.74) is 6.46. The van der Waals surface area contributed by atoms with Gasteiger partial charge in [-0.1, -0.05) is 102 Å². The van der Waals surface area contributed by atoms with E-state index in [1.165, 1.54) is 135 Å². The molecular weight excluding hydrogens is 398 g/mol. The summed E-state index contributed by atoms with van der Waals surface area (Å²) in [6.07, 6.45) is 30.3. The summed E-state index contributed by atoms with van der Waals surface area (Å²) < 4.78 is 0. The van der Waals surface area contributed by atoms with Crippen LogP contribution in [0.5, 0.6) is 0 Å². The summed E-state index contributed by atoms with van der Waals surface area (Å²) in [6.45, 7) is 4.94. The summed E-state index contributed by atoms with van der Waals surface area (Å²) in [7, 11) is 4.73. The first-order valence-corrected chi connectivity index (χ1v) is 15.2. The Bertz CT molecular complexity index is 731. The Balaban J connectivity index is 1.59. The average Bonchev–Trinajstić information content (AvgIpc) is 3.64. The Morgan fingerprint density at radius 3 is 1.91 bits per heavy atom. The SMILES string of the molecule is C=C1CCCCCCCCCC(N(C)C)=C2CCCCCC3CCCCCCCC14C1C3C214. The van der Waals surface area contributed by atoms with Crippen molar-refractivity contribution < 1.29 is 0 Å². The molecule has 0 aliphatic heterocycles. The smallest absolute Gasteiger partial charge is 0.0126 e. The number of nitrogens with zero attached hydrogens (tertiary/aromatic N) is 1. The van der Waals surface area contributed by atoms with Gasteiger partial charge in [0.05, 0.1) is 0 Å². The molecule has 33 heavy (non-hydrogen) atoms. The molecule has 0 heterocycles. The van der Waals surface area contributed by atoms with E-state index in [1.54, 1.807) is 11.3 Å². The highest BCUT2D eigenvalue weighted by atomic mass is 15.1. The standard InChI is InChI=1S/C32H53N/c1-25-19-13-8-5-4-6-10-17-23-28(33(2)3)27-22-16-12-15-21-26-20-14-9-7-11-18-24-31(25)30-29(26)32(27,30)31/h26,29-30H,1,4-24H2,2-3H3. The van der Waals surface area contributed by atoms with E-state index in [1.807, 2.05) is 5.57 Å². The van der Waals surface area contributed by atoms with Crippen LogP contribution in [0.2, 0.25) is 0 Å². The van der Waals surface area contributed by atoms with E-state index >= 15 is 0 Å². The van der Waals surface area contributed by atoms with Gasteiger partial charge in [0.2, 0.25) is 0 Å². The van der Waals surface area contributed by atoms with Crippen LogP contribution in [0.25, 0.3) is 0 Å². The van der Waals surface area contributed by atoms with Gasteiger partial charge >= 0.3 is 0 Å². The van der Waals surface area contributed by atoms with Crippen LogP contribution in [0.1, 0.15) is 135 Å². The average molecular weight is 452 g/mol. The van der Waals surface area contributed by atoms with Gasteiger partial charge in [-0.05, 0) is 68.3 Å². The van der Waals surface area contributed by atoms with Crippen LogP contribution in [0.3, 0.4) is 0 Å². The summed E-state index contributed by atoms with van der Waals surface area (Å²) in [4.78, 5) is 2.57. The molecule has 2 spiro atoms. The Hall–Kier alpha value is -0.720. The molecule has 5 unspecified atom stereocenters. The molecule has 0 amide bonds. The molecule has 186 valence electrons. The Morgan fingerprint density at radius 1 is 0.667 bits per heavy atom. The lowest BCUT2D eigenvalue weighted by atomic mass is 9.65. The zero-order chi connectivity index (χ0) is 22.9. The molecule has 0 aromatic heterocycles. The molecule has 5 aliphatic rings. The van der Waals surface area contributed by atoms with Crippen molar-refractivity contribution in [1.29, 1.82) is 0 Å². The van der Waals surface area contributed by atoms with Gasteiger partial charge < -0.3 is 4.90 Å². The zero-order valence-electron chi connectivity index (χ0n) is 22.2. The van der Waals surface area contributed by atoms with E-state index in [4.69, 9.17) is 6.58 Å². The molecular formula is C32H53N. The number of hydrogen-bond acceptors (Lipinski definition) is 1. The van der Waals surface area contributed by atoms with Gasteiger partial charge in [-0.2, -0.15) is 0 Å². The first-order valence-electron chi connectivity index (χ1n) is 15.2. The number of hydrogen-bond donors (Lipinski definition) is 0. The fourth-order valence-corrected chi connectivity index (χ4v) is 9.57. The second-order valence-corrected chi connectivity index (χ2v) is 12.9. The van der Waals surface area contributed by atoms with Crippen molar-refractivity contribution in [3.8, 4) is 0 Å². The molecule has 0 bridgehead atoms. The summed E-state index contributed by atoms with van der Waals surface area (Å²) in [5, 5.41) is 0. The number of allylic oxidation sites excluding steroid dienone is 3. The predicted octanol–water partition coefficient (Wildman–Crippen LogP) is 9.44. The summed E-state index contributed by atoms with van der Waals surface area (Å²) in [6, 6.07) is 0. The molecule has 4 saturated carbocycles. The summed E-state index contributed by atoms with van der Waals surface area (Å²) >= 11 is 0. The monoisotopic (exact) mass is 451 g/mol.